The summed E-state index contributed by atoms with van der Waals surface area (Å²) in [6.07, 6.45) is -4.00. The molecule has 0 heterocycles. The van der Waals surface area contributed by atoms with Gasteiger partial charge in [-0.3, -0.25) is 0 Å². The van der Waals surface area contributed by atoms with Crippen LogP contribution in [0.25, 0.3) is 0 Å². The maximum absolute atomic E-state index is 12.1. The van der Waals surface area contributed by atoms with Crippen LogP contribution in [0, 0.1) is 5.92 Å². The molecule has 0 radical (unpaired) electrons. The van der Waals surface area contributed by atoms with Crippen LogP contribution in [0.3, 0.4) is 0 Å². The third kappa shape index (κ3) is 6.65. The SMILES string of the molecule is CCC(C)CS(=O)(=O)NC(C)c1ccc(OC(F)(F)F)cc1. The molecule has 0 spiro atoms. The average molecular weight is 339 g/mol. The number of hydrogen-bond donors (Lipinski definition) is 1. The van der Waals surface area contributed by atoms with Gasteiger partial charge >= 0.3 is 6.36 Å². The lowest BCUT2D eigenvalue weighted by Crippen LogP contribution is -2.31. The molecule has 0 saturated heterocycles. The second-order valence-corrected chi connectivity index (χ2v) is 7.05. The summed E-state index contributed by atoms with van der Waals surface area (Å²) >= 11 is 0. The van der Waals surface area contributed by atoms with E-state index in [1.807, 2.05) is 13.8 Å². The summed E-state index contributed by atoms with van der Waals surface area (Å²) < 4.78 is 66.4. The third-order valence-electron chi connectivity index (χ3n) is 3.17. The molecule has 4 nitrogen and oxygen atoms in total. The van der Waals surface area contributed by atoms with Crippen molar-refractivity contribution in [1.82, 2.24) is 4.72 Å². The second kappa shape index (κ2) is 7.32. The standard InChI is InChI=1S/C14H20F3NO3S/c1-4-10(2)9-22(19,20)18-11(3)12-5-7-13(8-6-12)21-14(15,16)17/h5-8,10-11,18H,4,9H2,1-3H3. The van der Waals surface area contributed by atoms with Gasteiger partial charge in [-0.05, 0) is 30.5 Å². The van der Waals surface area contributed by atoms with Crippen LogP contribution in [0.4, 0.5) is 13.2 Å². The van der Waals surface area contributed by atoms with Gasteiger partial charge in [0.15, 0.2) is 0 Å². The van der Waals surface area contributed by atoms with Gasteiger partial charge in [-0.1, -0.05) is 32.4 Å². The molecule has 2 unspecified atom stereocenters. The molecule has 1 rings (SSSR count). The molecule has 1 aromatic rings. The number of sulfonamides is 1. The predicted octanol–water partition coefficient (Wildman–Crippen LogP) is 3.61. The van der Waals surface area contributed by atoms with Crippen molar-refractivity contribution in [1.29, 1.82) is 0 Å². The number of alkyl halides is 3. The highest BCUT2D eigenvalue weighted by atomic mass is 32.2. The number of nitrogens with one attached hydrogen (secondary N) is 1. The molecular formula is C14H20F3NO3S. The zero-order chi connectivity index (χ0) is 17.0. The summed E-state index contributed by atoms with van der Waals surface area (Å²) in [5, 5.41) is 0. The van der Waals surface area contributed by atoms with Crippen molar-refractivity contribution in [3.63, 3.8) is 0 Å². The number of halogens is 3. The molecule has 0 aromatic heterocycles. The first-order valence-corrected chi connectivity index (χ1v) is 8.53. The molecule has 2 atom stereocenters. The highest BCUT2D eigenvalue weighted by Crippen LogP contribution is 2.24. The smallest absolute Gasteiger partial charge is 0.406 e. The van der Waals surface area contributed by atoms with Gasteiger partial charge in [0.1, 0.15) is 5.75 Å². The highest BCUT2D eigenvalue weighted by molar-refractivity contribution is 7.89. The molecule has 126 valence electrons. The summed E-state index contributed by atoms with van der Waals surface area (Å²) in [5.41, 5.74) is 0.558. The maximum atomic E-state index is 12.1. The van der Waals surface area contributed by atoms with Gasteiger partial charge in [0.05, 0.1) is 5.75 Å². The van der Waals surface area contributed by atoms with Gasteiger partial charge in [0.25, 0.3) is 0 Å². The third-order valence-corrected chi connectivity index (χ3v) is 4.89. The minimum absolute atomic E-state index is 0.0170. The molecule has 22 heavy (non-hydrogen) atoms. The normalized spacial score (nSPS) is 15.4. The topological polar surface area (TPSA) is 55.4 Å². The summed E-state index contributed by atoms with van der Waals surface area (Å²) in [5.74, 6) is -0.290. The molecule has 0 aliphatic rings. The van der Waals surface area contributed by atoms with E-state index in [1.54, 1.807) is 6.92 Å². The number of benzene rings is 1. The van der Waals surface area contributed by atoms with E-state index in [1.165, 1.54) is 12.1 Å². The quantitative estimate of drug-likeness (QED) is 0.825. The summed E-state index contributed by atoms with van der Waals surface area (Å²) in [6.45, 7) is 5.38. The average Bonchev–Trinajstić information content (AvgIpc) is 2.36. The van der Waals surface area contributed by atoms with E-state index in [-0.39, 0.29) is 17.4 Å². The Hall–Kier alpha value is -1.28. The van der Waals surface area contributed by atoms with Gasteiger partial charge in [0.2, 0.25) is 10.0 Å². The summed E-state index contributed by atoms with van der Waals surface area (Å²) in [4.78, 5) is 0. The van der Waals surface area contributed by atoms with Crippen molar-refractivity contribution in [2.24, 2.45) is 5.92 Å². The van der Waals surface area contributed by atoms with E-state index >= 15 is 0 Å². The largest absolute Gasteiger partial charge is 0.573 e. The van der Waals surface area contributed by atoms with E-state index in [9.17, 15) is 21.6 Å². The summed E-state index contributed by atoms with van der Waals surface area (Å²) in [6, 6.07) is 4.58. The Morgan fingerprint density at radius 1 is 1.18 bits per heavy atom. The minimum Gasteiger partial charge on any atom is -0.406 e. The van der Waals surface area contributed by atoms with Gasteiger partial charge in [-0.15, -0.1) is 13.2 Å². The Morgan fingerprint density at radius 2 is 1.73 bits per heavy atom. The van der Waals surface area contributed by atoms with Crippen LogP contribution in [0.2, 0.25) is 0 Å². The van der Waals surface area contributed by atoms with Crippen LogP contribution in [0.15, 0.2) is 24.3 Å². The van der Waals surface area contributed by atoms with Gasteiger partial charge in [0, 0.05) is 6.04 Å². The lowest BCUT2D eigenvalue weighted by molar-refractivity contribution is -0.274. The van der Waals surface area contributed by atoms with Crippen molar-refractivity contribution >= 4 is 10.0 Å². The Morgan fingerprint density at radius 3 is 2.18 bits per heavy atom. The van der Waals surface area contributed by atoms with Crippen molar-refractivity contribution < 1.29 is 26.3 Å². The number of hydrogen-bond acceptors (Lipinski definition) is 3. The van der Waals surface area contributed by atoms with Crippen LogP contribution in [0.1, 0.15) is 38.8 Å². The van der Waals surface area contributed by atoms with Crippen LogP contribution < -0.4 is 9.46 Å². The fourth-order valence-corrected chi connectivity index (χ4v) is 3.59. The molecule has 0 aliphatic carbocycles. The maximum Gasteiger partial charge on any atom is 0.573 e. The van der Waals surface area contributed by atoms with Gasteiger partial charge < -0.3 is 4.74 Å². The molecule has 0 aliphatic heterocycles. The Balaban J connectivity index is 2.72. The van der Waals surface area contributed by atoms with E-state index in [0.717, 1.165) is 18.6 Å². The lowest BCUT2D eigenvalue weighted by atomic mass is 10.1. The molecule has 1 N–H and O–H groups in total. The van der Waals surface area contributed by atoms with Crippen LogP contribution >= 0.6 is 0 Å². The van der Waals surface area contributed by atoms with Crippen LogP contribution in [-0.4, -0.2) is 20.5 Å². The van der Waals surface area contributed by atoms with Crippen molar-refractivity contribution in [3.8, 4) is 5.75 Å². The molecule has 1 aromatic carbocycles. The van der Waals surface area contributed by atoms with Crippen molar-refractivity contribution in [3.05, 3.63) is 29.8 Å². The first-order valence-electron chi connectivity index (χ1n) is 6.88. The fraction of sp³-hybridized carbons (Fsp3) is 0.571. The van der Waals surface area contributed by atoms with E-state index < -0.39 is 22.4 Å². The first-order chi connectivity index (χ1) is 10.0. The molecule has 8 heteroatoms. The number of ether oxygens (including phenoxy) is 1. The second-order valence-electron chi connectivity index (χ2n) is 5.25. The minimum atomic E-state index is -4.75. The molecule has 0 fully saturated rings. The Bertz CT molecular complexity index is 570. The van der Waals surface area contributed by atoms with Gasteiger partial charge in [-0.25, -0.2) is 13.1 Å². The van der Waals surface area contributed by atoms with Crippen LogP contribution in [-0.2, 0) is 10.0 Å². The number of rotatable bonds is 7. The van der Waals surface area contributed by atoms with Crippen molar-refractivity contribution in [2.45, 2.75) is 39.6 Å². The predicted molar refractivity (Wildman–Crippen MR) is 77.9 cm³/mol. The molecule has 0 saturated carbocycles. The van der Waals surface area contributed by atoms with Crippen molar-refractivity contribution in [2.75, 3.05) is 5.75 Å². The highest BCUT2D eigenvalue weighted by Gasteiger charge is 2.31. The van der Waals surface area contributed by atoms with E-state index in [2.05, 4.69) is 9.46 Å². The zero-order valence-corrected chi connectivity index (χ0v) is 13.5. The molecular weight excluding hydrogens is 319 g/mol. The summed E-state index contributed by atoms with van der Waals surface area (Å²) in [7, 11) is -3.44. The van der Waals surface area contributed by atoms with E-state index in [0.29, 0.717) is 5.56 Å². The lowest BCUT2D eigenvalue weighted by Gasteiger charge is -2.17. The van der Waals surface area contributed by atoms with E-state index in [4.69, 9.17) is 0 Å². The fourth-order valence-electron chi connectivity index (χ4n) is 1.84. The monoisotopic (exact) mass is 339 g/mol. The zero-order valence-electron chi connectivity index (χ0n) is 12.6. The Kier molecular flexibility index (Phi) is 6.25. The van der Waals surface area contributed by atoms with Gasteiger partial charge in [-0.2, -0.15) is 0 Å². The van der Waals surface area contributed by atoms with Crippen LogP contribution in [0.5, 0.6) is 5.75 Å². The molecule has 0 amide bonds. The Labute approximate surface area is 128 Å². The first kappa shape index (κ1) is 18.8. The molecule has 0 bridgehead atoms.